The molecule has 0 aliphatic heterocycles. The highest BCUT2D eigenvalue weighted by Crippen LogP contribution is 2.25. The number of aliphatic hydroxyl groups excluding tert-OH is 1. The van der Waals surface area contributed by atoms with Crippen molar-refractivity contribution in [3.8, 4) is 0 Å². The topological polar surface area (TPSA) is 72.8 Å². The highest BCUT2D eigenvalue weighted by atomic mass is 16.6. The Bertz CT molecular complexity index is 350. The fourth-order valence-corrected chi connectivity index (χ4v) is 2.02. The van der Waals surface area contributed by atoms with Gasteiger partial charge in [0.1, 0.15) is 12.7 Å². The highest BCUT2D eigenvalue weighted by Gasteiger charge is 2.28. The quantitative estimate of drug-likeness (QED) is 0.606. The van der Waals surface area contributed by atoms with E-state index in [1.54, 1.807) is 13.8 Å². The molecule has 0 heterocycles. The molecule has 0 saturated heterocycles. The second-order valence-electron chi connectivity index (χ2n) is 5.14. The number of rotatable bonds is 5. The lowest BCUT2D eigenvalue weighted by atomic mass is 9.87. The van der Waals surface area contributed by atoms with Crippen LogP contribution in [0.15, 0.2) is 12.2 Å². The van der Waals surface area contributed by atoms with E-state index >= 15 is 0 Å². The van der Waals surface area contributed by atoms with Crippen LogP contribution in [0.25, 0.3) is 0 Å². The summed E-state index contributed by atoms with van der Waals surface area (Å²) in [5.74, 6) is -1.06. The number of hydrogen-bond donors (Lipinski definition) is 1. The molecule has 1 aliphatic rings. The van der Waals surface area contributed by atoms with Gasteiger partial charge in [0.15, 0.2) is 0 Å². The van der Waals surface area contributed by atoms with E-state index in [9.17, 15) is 14.7 Å². The Labute approximate surface area is 113 Å². The van der Waals surface area contributed by atoms with Gasteiger partial charge in [0.2, 0.25) is 0 Å². The number of carbonyl (C=O) groups is 2. The molecule has 0 amide bonds. The van der Waals surface area contributed by atoms with Crippen molar-refractivity contribution in [1.29, 1.82) is 0 Å². The van der Waals surface area contributed by atoms with Gasteiger partial charge in [-0.2, -0.15) is 0 Å². The zero-order valence-corrected chi connectivity index (χ0v) is 11.6. The largest absolute Gasteiger partial charge is 0.459 e. The molecule has 0 aromatic rings. The van der Waals surface area contributed by atoms with Gasteiger partial charge in [0.25, 0.3) is 0 Å². The van der Waals surface area contributed by atoms with Gasteiger partial charge in [-0.3, -0.25) is 4.79 Å². The molecule has 0 aromatic carbocycles. The zero-order valence-electron chi connectivity index (χ0n) is 11.6. The van der Waals surface area contributed by atoms with Crippen molar-refractivity contribution in [3.05, 3.63) is 12.2 Å². The Balaban J connectivity index is 2.31. The van der Waals surface area contributed by atoms with E-state index in [0.29, 0.717) is 12.0 Å². The summed E-state index contributed by atoms with van der Waals surface area (Å²) >= 11 is 0. The first-order valence-electron chi connectivity index (χ1n) is 6.61. The Morgan fingerprint density at radius 2 is 2.11 bits per heavy atom. The van der Waals surface area contributed by atoms with Gasteiger partial charge in [-0.15, -0.1) is 0 Å². The molecule has 5 heteroatoms. The van der Waals surface area contributed by atoms with Crippen LogP contribution in [0.4, 0.5) is 0 Å². The molecule has 1 aliphatic carbocycles. The third kappa shape index (κ3) is 5.42. The average Bonchev–Trinajstić information content (AvgIpc) is 2.35. The lowest BCUT2D eigenvalue weighted by Crippen LogP contribution is -2.31. The molecule has 0 spiro atoms. The van der Waals surface area contributed by atoms with Crippen molar-refractivity contribution in [3.63, 3.8) is 0 Å². The maximum absolute atomic E-state index is 11.8. The minimum absolute atomic E-state index is 0.0205. The molecule has 108 valence electrons. The van der Waals surface area contributed by atoms with Crippen LogP contribution in [0, 0.1) is 5.92 Å². The fourth-order valence-electron chi connectivity index (χ4n) is 2.02. The summed E-state index contributed by atoms with van der Waals surface area (Å²) in [5, 5.41) is 9.51. The molecular weight excluding hydrogens is 248 g/mol. The second-order valence-corrected chi connectivity index (χ2v) is 5.14. The smallest absolute Gasteiger partial charge is 0.333 e. The predicted molar refractivity (Wildman–Crippen MR) is 69.3 cm³/mol. The maximum Gasteiger partial charge on any atom is 0.333 e. The van der Waals surface area contributed by atoms with Crippen LogP contribution in [0.3, 0.4) is 0 Å². The second kappa shape index (κ2) is 7.28. The van der Waals surface area contributed by atoms with Crippen LogP contribution in [0.2, 0.25) is 0 Å². The van der Waals surface area contributed by atoms with Crippen molar-refractivity contribution in [1.82, 2.24) is 0 Å². The third-order valence-corrected chi connectivity index (χ3v) is 3.09. The van der Waals surface area contributed by atoms with Crippen LogP contribution < -0.4 is 0 Å². The van der Waals surface area contributed by atoms with Crippen molar-refractivity contribution in [2.45, 2.75) is 51.7 Å². The van der Waals surface area contributed by atoms with E-state index in [2.05, 4.69) is 6.58 Å². The van der Waals surface area contributed by atoms with Crippen LogP contribution in [-0.2, 0) is 19.1 Å². The summed E-state index contributed by atoms with van der Waals surface area (Å²) in [5.41, 5.74) is 0.314. The molecule has 3 unspecified atom stereocenters. The summed E-state index contributed by atoms with van der Waals surface area (Å²) in [6.45, 7) is 6.71. The van der Waals surface area contributed by atoms with Gasteiger partial charge in [0.05, 0.1) is 12.0 Å². The Morgan fingerprint density at radius 1 is 1.42 bits per heavy atom. The first kappa shape index (κ1) is 15.7. The van der Waals surface area contributed by atoms with Gasteiger partial charge in [-0.05, 0) is 33.1 Å². The van der Waals surface area contributed by atoms with E-state index in [4.69, 9.17) is 9.47 Å². The standard InChI is InChI=1S/C14H22O5/c1-9(2)13(16)18-8-10(3)19-14(17)11-5-4-6-12(15)7-11/h10-12,15H,1,4-8H2,2-3H3. The molecule has 3 atom stereocenters. The maximum atomic E-state index is 11.8. The van der Waals surface area contributed by atoms with Crippen LogP contribution in [0.5, 0.6) is 0 Å². The lowest BCUT2D eigenvalue weighted by Gasteiger charge is -2.25. The molecule has 1 N–H and O–H groups in total. The minimum Gasteiger partial charge on any atom is -0.459 e. The van der Waals surface area contributed by atoms with Gasteiger partial charge >= 0.3 is 11.9 Å². The summed E-state index contributed by atoms with van der Waals surface area (Å²) in [4.78, 5) is 23.0. The van der Waals surface area contributed by atoms with Crippen LogP contribution in [0.1, 0.15) is 39.5 Å². The van der Waals surface area contributed by atoms with E-state index in [1.807, 2.05) is 0 Å². The number of hydrogen-bond acceptors (Lipinski definition) is 5. The number of ether oxygens (including phenoxy) is 2. The van der Waals surface area contributed by atoms with E-state index in [-0.39, 0.29) is 18.5 Å². The molecule has 5 nitrogen and oxygen atoms in total. The zero-order chi connectivity index (χ0) is 14.4. The van der Waals surface area contributed by atoms with Gasteiger partial charge in [0, 0.05) is 5.57 Å². The van der Waals surface area contributed by atoms with Gasteiger partial charge in [-0.25, -0.2) is 4.79 Å². The predicted octanol–water partition coefficient (Wildman–Crippen LogP) is 1.59. The molecule has 1 saturated carbocycles. The van der Waals surface area contributed by atoms with Crippen molar-refractivity contribution in [2.75, 3.05) is 6.61 Å². The van der Waals surface area contributed by atoms with Crippen LogP contribution in [-0.4, -0.2) is 35.9 Å². The van der Waals surface area contributed by atoms with Crippen LogP contribution >= 0.6 is 0 Å². The number of carbonyl (C=O) groups excluding carboxylic acids is 2. The average molecular weight is 270 g/mol. The Morgan fingerprint density at radius 3 is 2.68 bits per heavy atom. The van der Waals surface area contributed by atoms with Crippen molar-refractivity contribution >= 4 is 11.9 Å². The summed E-state index contributed by atoms with van der Waals surface area (Å²) in [7, 11) is 0. The molecule has 0 bridgehead atoms. The van der Waals surface area contributed by atoms with Crippen molar-refractivity contribution < 1.29 is 24.2 Å². The van der Waals surface area contributed by atoms with E-state index in [0.717, 1.165) is 19.3 Å². The minimum atomic E-state index is -0.491. The summed E-state index contributed by atoms with van der Waals surface area (Å²) in [6.07, 6.45) is 1.87. The van der Waals surface area contributed by atoms with Crippen molar-refractivity contribution in [2.24, 2.45) is 5.92 Å². The number of aliphatic hydroxyl groups is 1. The monoisotopic (exact) mass is 270 g/mol. The lowest BCUT2D eigenvalue weighted by molar-refractivity contribution is -0.161. The number of esters is 2. The van der Waals surface area contributed by atoms with Gasteiger partial charge < -0.3 is 14.6 Å². The third-order valence-electron chi connectivity index (χ3n) is 3.09. The first-order chi connectivity index (χ1) is 8.90. The molecular formula is C14H22O5. The highest BCUT2D eigenvalue weighted by molar-refractivity contribution is 5.86. The summed E-state index contributed by atoms with van der Waals surface area (Å²) < 4.78 is 10.1. The normalized spacial score (nSPS) is 24.4. The summed E-state index contributed by atoms with van der Waals surface area (Å²) in [6, 6.07) is 0. The first-order valence-corrected chi connectivity index (χ1v) is 6.61. The van der Waals surface area contributed by atoms with E-state index < -0.39 is 18.2 Å². The van der Waals surface area contributed by atoms with E-state index in [1.165, 1.54) is 0 Å². The molecule has 1 rings (SSSR count). The molecule has 1 fully saturated rings. The SMILES string of the molecule is C=C(C)C(=O)OCC(C)OC(=O)C1CCCC(O)C1. The van der Waals surface area contributed by atoms with Gasteiger partial charge in [-0.1, -0.05) is 13.0 Å². The fraction of sp³-hybridized carbons (Fsp3) is 0.714. The Kier molecular flexibility index (Phi) is 6.02. The molecule has 0 radical (unpaired) electrons. The molecule has 19 heavy (non-hydrogen) atoms. The molecule has 0 aromatic heterocycles. The Hall–Kier alpha value is -1.36.